The van der Waals surface area contributed by atoms with Gasteiger partial charge in [-0.05, 0) is 55.3 Å². The first-order valence-corrected chi connectivity index (χ1v) is 15.2. The number of carbonyl (C=O) groups is 3. The normalized spacial score (nSPS) is 17.0. The molecule has 3 aromatic carbocycles. The molecule has 3 heterocycles. The molecule has 11 heteroatoms. The maximum atomic E-state index is 13.7. The molecule has 1 N–H and O–H groups in total. The van der Waals surface area contributed by atoms with Gasteiger partial charge in [0, 0.05) is 12.5 Å². The standard InChI is InChI=1S/C34H30N2O8S/c1-4-41-26-16-22(10-12-25(26)44-18-21-8-6-5-7-9-21)29-28(30(38)23-11-13-24-27(17-23)43-15-14-42-24)31(39)33(40)36(29)34-35-19(2)32(45-34)20(3)37/h5-13,16-17,29,38H,4,14-15,18H2,1-3H3/b30-28+/t29-/m1/s1. The quantitative estimate of drug-likeness (QED) is 0.103. The predicted octanol–water partition coefficient (Wildman–Crippen LogP) is 6.03. The highest BCUT2D eigenvalue weighted by Gasteiger charge is 2.48. The van der Waals surface area contributed by atoms with Crippen molar-refractivity contribution in [2.24, 2.45) is 0 Å². The van der Waals surface area contributed by atoms with E-state index in [0.29, 0.717) is 65.6 Å². The predicted molar refractivity (Wildman–Crippen MR) is 167 cm³/mol. The van der Waals surface area contributed by atoms with Gasteiger partial charge in [0.25, 0.3) is 5.78 Å². The number of amides is 1. The lowest BCUT2D eigenvalue weighted by atomic mass is 9.95. The number of aromatic nitrogens is 1. The molecule has 1 amide bonds. The Bertz CT molecular complexity index is 1830. The van der Waals surface area contributed by atoms with Gasteiger partial charge in [0.2, 0.25) is 0 Å². The maximum absolute atomic E-state index is 13.7. The molecule has 1 saturated heterocycles. The average Bonchev–Trinajstić information content (AvgIpc) is 3.56. The van der Waals surface area contributed by atoms with Crippen LogP contribution >= 0.6 is 11.3 Å². The Hall–Kier alpha value is -5.16. The zero-order chi connectivity index (χ0) is 31.7. The smallest absolute Gasteiger partial charge is 0.301 e. The highest BCUT2D eigenvalue weighted by atomic mass is 32.1. The highest BCUT2D eigenvalue weighted by molar-refractivity contribution is 7.18. The fourth-order valence-electron chi connectivity index (χ4n) is 5.32. The molecule has 0 saturated carbocycles. The van der Waals surface area contributed by atoms with Crippen LogP contribution in [0.15, 0.2) is 72.3 Å². The Morgan fingerprint density at radius 3 is 2.47 bits per heavy atom. The van der Waals surface area contributed by atoms with Gasteiger partial charge < -0.3 is 24.1 Å². The number of carbonyl (C=O) groups excluding carboxylic acids is 3. The van der Waals surface area contributed by atoms with Gasteiger partial charge in [-0.1, -0.05) is 47.7 Å². The maximum Gasteiger partial charge on any atom is 0.301 e. The number of rotatable bonds is 9. The van der Waals surface area contributed by atoms with Crippen LogP contribution in [0.3, 0.4) is 0 Å². The van der Waals surface area contributed by atoms with E-state index in [2.05, 4.69) is 4.98 Å². The van der Waals surface area contributed by atoms with E-state index in [1.807, 2.05) is 37.3 Å². The zero-order valence-corrected chi connectivity index (χ0v) is 25.7. The number of hydrogen-bond donors (Lipinski definition) is 1. The van der Waals surface area contributed by atoms with Crippen LogP contribution in [0.2, 0.25) is 0 Å². The van der Waals surface area contributed by atoms with Gasteiger partial charge in [0.05, 0.1) is 28.8 Å². The Balaban J connectivity index is 1.48. The van der Waals surface area contributed by atoms with E-state index in [0.717, 1.165) is 16.9 Å². The molecule has 230 valence electrons. The number of aliphatic hydroxyl groups excluding tert-OH is 1. The summed E-state index contributed by atoms with van der Waals surface area (Å²) in [6, 6.07) is 18.5. The number of aryl methyl sites for hydroxylation is 1. The minimum atomic E-state index is -1.09. The number of ketones is 2. The zero-order valence-electron chi connectivity index (χ0n) is 24.9. The van der Waals surface area contributed by atoms with Gasteiger partial charge in [-0.2, -0.15) is 0 Å². The second-order valence-corrected chi connectivity index (χ2v) is 11.4. The highest BCUT2D eigenvalue weighted by Crippen LogP contribution is 2.46. The number of thiazole rings is 1. The fourth-order valence-corrected chi connectivity index (χ4v) is 6.31. The summed E-state index contributed by atoms with van der Waals surface area (Å²) in [5.41, 5.74) is 2.01. The summed E-state index contributed by atoms with van der Waals surface area (Å²) in [6.45, 7) is 6.28. The molecule has 1 atom stereocenters. The minimum absolute atomic E-state index is 0.144. The third-order valence-electron chi connectivity index (χ3n) is 7.39. The van der Waals surface area contributed by atoms with Crippen LogP contribution in [0.25, 0.3) is 5.76 Å². The number of fused-ring (bicyclic) bond motifs is 1. The Morgan fingerprint density at radius 1 is 1.00 bits per heavy atom. The first-order chi connectivity index (χ1) is 21.8. The third kappa shape index (κ3) is 5.74. The second kappa shape index (κ2) is 12.4. The molecule has 2 aliphatic rings. The van der Waals surface area contributed by atoms with Crippen LogP contribution in [0, 0.1) is 6.92 Å². The molecule has 0 unspecified atom stereocenters. The molecule has 1 fully saturated rings. The van der Waals surface area contributed by atoms with Gasteiger partial charge in [-0.25, -0.2) is 4.98 Å². The monoisotopic (exact) mass is 626 g/mol. The summed E-state index contributed by atoms with van der Waals surface area (Å²) < 4.78 is 23.3. The van der Waals surface area contributed by atoms with Crippen LogP contribution in [-0.2, 0) is 16.2 Å². The van der Waals surface area contributed by atoms with Crippen LogP contribution in [0.1, 0.15) is 51.9 Å². The Labute approximate surface area is 263 Å². The lowest BCUT2D eigenvalue weighted by molar-refractivity contribution is -0.132. The number of aliphatic hydroxyl groups is 1. The molecule has 45 heavy (non-hydrogen) atoms. The van der Waals surface area contributed by atoms with Crippen molar-refractivity contribution in [2.75, 3.05) is 24.7 Å². The van der Waals surface area contributed by atoms with Crippen molar-refractivity contribution >= 4 is 39.7 Å². The minimum Gasteiger partial charge on any atom is -0.507 e. The number of ether oxygens (including phenoxy) is 4. The lowest BCUT2D eigenvalue weighted by Gasteiger charge is -2.24. The van der Waals surface area contributed by atoms with E-state index in [1.54, 1.807) is 43.3 Å². The summed E-state index contributed by atoms with van der Waals surface area (Å²) >= 11 is 1.02. The van der Waals surface area contributed by atoms with E-state index in [4.69, 9.17) is 18.9 Å². The molecule has 2 aliphatic heterocycles. The number of hydrogen-bond acceptors (Lipinski definition) is 10. The van der Waals surface area contributed by atoms with Crippen molar-refractivity contribution in [1.29, 1.82) is 0 Å². The SMILES string of the molecule is CCOc1cc([C@@H]2/C(=C(\O)c3ccc4c(c3)OCCO4)C(=O)C(=O)N2c2nc(C)c(C(C)=O)s2)ccc1OCc1ccccc1. The summed E-state index contributed by atoms with van der Waals surface area (Å²) in [7, 11) is 0. The molecule has 4 aromatic rings. The van der Waals surface area contributed by atoms with Crippen LogP contribution in [-0.4, -0.2) is 47.4 Å². The molecule has 0 spiro atoms. The largest absolute Gasteiger partial charge is 0.507 e. The number of nitrogens with zero attached hydrogens (tertiary/aromatic N) is 2. The van der Waals surface area contributed by atoms with Gasteiger partial charge in [0.1, 0.15) is 25.6 Å². The number of anilines is 1. The van der Waals surface area contributed by atoms with Crippen molar-refractivity contribution in [1.82, 2.24) is 4.98 Å². The van der Waals surface area contributed by atoms with E-state index in [9.17, 15) is 19.5 Å². The topological polar surface area (TPSA) is 124 Å². The Morgan fingerprint density at radius 2 is 1.76 bits per heavy atom. The molecule has 1 aromatic heterocycles. The van der Waals surface area contributed by atoms with E-state index < -0.39 is 17.7 Å². The van der Waals surface area contributed by atoms with Crippen LogP contribution in [0.5, 0.6) is 23.0 Å². The second-order valence-electron chi connectivity index (χ2n) is 10.4. The Kier molecular flexibility index (Phi) is 8.27. The van der Waals surface area contributed by atoms with Crippen molar-refractivity contribution in [3.8, 4) is 23.0 Å². The van der Waals surface area contributed by atoms with Gasteiger partial charge in [-0.15, -0.1) is 0 Å². The third-order valence-corrected chi connectivity index (χ3v) is 8.65. The van der Waals surface area contributed by atoms with Crippen molar-refractivity contribution in [2.45, 2.75) is 33.4 Å². The van der Waals surface area contributed by atoms with Crippen molar-refractivity contribution in [3.05, 3.63) is 99.6 Å². The van der Waals surface area contributed by atoms with E-state index in [-0.39, 0.29) is 27.8 Å². The van der Waals surface area contributed by atoms with Gasteiger partial charge >= 0.3 is 5.91 Å². The lowest BCUT2D eigenvalue weighted by Crippen LogP contribution is -2.29. The van der Waals surface area contributed by atoms with Crippen LogP contribution in [0.4, 0.5) is 5.13 Å². The van der Waals surface area contributed by atoms with Gasteiger partial charge in [-0.3, -0.25) is 19.3 Å². The number of benzene rings is 3. The molecule has 0 aliphatic carbocycles. The van der Waals surface area contributed by atoms with Crippen molar-refractivity contribution < 1.29 is 38.4 Å². The molecular formula is C34H30N2O8S. The van der Waals surface area contributed by atoms with Gasteiger partial charge in [0.15, 0.2) is 33.9 Å². The first kappa shape index (κ1) is 29.9. The van der Waals surface area contributed by atoms with Crippen LogP contribution < -0.4 is 23.8 Å². The van der Waals surface area contributed by atoms with E-state index in [1.165, 1.54) is 11.8 Å². The summed E-state index contributed by atoms with van der Waals surface area (Å²) in [5, 5.41) is 11.8. The molecule has 0 bridgehead atoms. The molecular weight excluding hydrogens is 596 g/mol. The first-order valence-electron chi connectivity index (χ1n) is 14.4. The molecule has 6 rings (SSSR count). The van der Waals surface area contributed by atoms with E-state index >= 15 is 0 Å². The molecule has 0 radical (unpaired) electrons. The summed E-state index contributed by atoms with van der Waals surface area (Å²) in [4.78, 5) is 45.8. The number of Topliss-reactive ketones (excluding diaryl/α,β-unsaturated/α-hetero) is 2. The molecule has 10 nitrogen and oxygen atoms in total. The summed E-state index contributed by atoms with van der Waals surface area (Å²) in [5.74, 6) is -0.585. The fraction of sp³-hybridized carbons (Fsp3) is 0.235. The average molecular weight is 627 g/mol. The summed E-state index contributed by atoms with van der Waals surface area (Å²) in [6.07, 6.45) is 0. The van der Waals surface area contributed by atoms with Crippen molar-refractivity contribution in [3.63, 3.8) is 0 Å².